The molecule has 0 aliphatic heterocycles. The fraction of sp³-hybridized carbons (Fsp3) is 0.111. The van der Waals surface area contributed by atoms with Crippen molar-refractivity contribution in [3.63, 3.8) is 0 Å². The molecule has 0 aliphatic rings. The second-order valence-electron chi connectivity index (χ2n) is 2.16. The lowest BCUT2D eigenvalue weighted by Crippen LogP contribution is -1.81. The monoisotopic (exact) mass is 186 g/mol. The summed E-state index contributed by atoms with van der Waals surface area (Å²) in [5.74, 6) is -2.36. The second kappa shape index (κ2) is 4.26. The van der Waals surface area contributed by atoms with Crippen molar-refractivity contribution in [3.05, 3.63) is 36.4 Å². The van der Waals surface area contributed by atoms with E-state index in [4.69, 9.17) is 0 Å². The minimum absolute atomic E-state index is 0.547. The van der Waals surface area contributed by atoms with Crippen molar-refractivity contribution in [1.29, 1.82) is 0 Å². The van der Waals surface area contributed by atoms with Gasteiger partial charge in [-0.3, -0.25) is 0 Å². The summed E-state index contributed by atoms with van der Waals surface area (Å²) in [5.41, 5.74) is 0.862. The van der Waals surface area contributed by atoms with E-state index < -0.39 is 5.76 Å². The minimum atomic E-state index is -2.36. The first kappa shape index (κ1) is 9.26. The van der Waals surface area contributed by atoms with Crippen molar-refractivity contribution in [1.82, 2.24) is 0 Å². The van der Waals surface area contributed by atoms with Gasteiger partial charge in [0.25, 0.3) is 5.76 Å². The lowest BCUT2D eigenvalue weighted by molar-refractivity contribution is 0.252. The van der Waals surface area contributed by atoms with Crippen LogP contribution in [0.3, 0.4) is 0 Å². The van der Waals surface area contributed by atoms with E-state index in [1.165, 1.54) is 0 Å². The third-order valence-corrected chi connectivity index (χ3v) is 2.02. The molecule has 0 radical (unpaired) electrons. The smallest absolute Gasteiger partial charge is 0.198 e. The summed E-state index contributed by atoms with van der Waals surface area (Å²) < 4.78 is 23.8. The second-order valence-corrected chi connectivity index (χ2v) is 3.22. The molecular formula is C9H8F2S. The average Bonchev–Trinajstić information content (AvgIpc) is 2.03. The van der Waals surface area contributed by atoms with Crippen LogP contribution in [-0.4, -0.2) is 5.76 Å². The number of halogens is 2. The topological polar surface area (TPSA) is 0 Å². The summed E-state index contributed by atoms with van der Waals surface area (Å²) in [6.45, 7) is 3.55. The molecule has 0 unspecified atom stereocenters. The minimum Gasteiger partial charge on any atom is -0.198 e. The largest absolute Gasteiger partial charge is 0.288 e. The molecule has 12 heavy (non-hydrogen) atoms. The Hall–Kier alpha value is -0.830. The van der Waals surface area contributed by atoms with E-state index in [1.807, 2.05) is 6.07 Å². The average molecular weight is 186 g/mol. The van der Waals surface area contributed by atoms with Crippen molar-refractivity contribution in [3.8, 4) is 0 Å². The van der Waals surface area contributed by atoms with Gasteiger partial charge in [0.2, 0.25) is 0 Å². The van der Waals surface area contributed by atoms with Gasteiger partial charge >= 0.3 is 0 Å². The van der Waals surface area contributed by atoms with Gasteiger partial charge in [0.1, 0.15) is 0 Å². The quantitative estimate of drug-likeness (QED) is 0.649. The Morgan fingerprint density at radius 3 is 2.75 bits per heavy atom. The molecule has 3 heteroatoms. The molecule has 0 amide bonds. The molecule has 0 aromatic heterocycles. The molecule has 64 valence electrons. The zero-order chi connectivity index (χ0) is 8.97. The standard InChI is InChI=1S/C9H8F2S/c1-2-7-4-3-5-8(6-7)12-9(10)11/h2-6,9H,1H2. The maximum atomic E-state index is 11.9. The zero-order valence-electron chi connectivity index (χ0n) is 6.34. The van der Waals surface area contributed by atoms with Crippen LogP contribution >= 0.6 is 11.8 Å². The Kier molecular flexibility index (Phi) is 3.29. The fourth-order valence-electron chi connectivity index (χ4n) is 0.818. The Labute approximate surface area is 74.3 Å². The number of rotatable bonds is 3. The van der Waals surface area contributed by atoms with Gasteiger partial charge in [-0.05, 0) is 17.7 Å². The first-order valence-corrected chi connectivity index (χ1v) is 4.27. The van der Waals surface area contributed by atoms with E-state index >= 15 is 0 Å². The van der Waals surface area contributed by atoms with E-state index in [1.54, 1.807) is 24.3 Å². The van der Waals surface area contributed by atoms with Crippen molar-refractivity contribution >= 4 is 17.8 Å². The Balaban J connectivity index is 2.79. The first-order valence-electron chi connectivity index (χ1n) is 3.39. The van der Waals surface area contributed by atoms with Gasteiger partial charge in [-0.2, -0.15) is 8.78 Å². The van der Waals surface area contributed by atoms with Gasteiger partial charge < -0.3 is 0 Å². The summed E-state index contributed by atoms with van der Waals surface area (Å²) in [6, 6.07) is 6.90. The van der Waals surface area contributed by atoms with E-state index in [0.717, 1.165) is 5.56 Å². The molecule has 0 heterocycles. The van der Waals surface area contributed by atoms with Crippen LogP contribution in [0.25, 0.3) is 6.08 Å². The molecule has 0 N–H and O–H groups in total. The number of hydrogen-bond acceptors (Lipinski definition) is 1. The zero-order valence-corrected chi connectivity index (χ0v) is 7.15. The molecule has 0 nitrogen and oxygen atoms in total. The molecule has 0 aliphatic carbocycles. The summed E-state index contributed by atoms with van der Waals surface area (Å²) in [4.78, 5) is 0.572. The van der Waals surface area contributed by atoms with Crippen LogP contribution in [0.5, 0.6) is 0 Å². The van der Waals surface area contributed by atoms with Crippen LogP contribution < -0.4 is 0 Å². The van der Waals surface area contributed by atoms with Crippen LogP contribution in [0.4, 0.5) is 8.78 Å². The van der Waals surface area contributed by atoms with Crippen molar-refractivity contribution in [2.24, 2.45) is 0 Å². The van der Waals surface area contributed by atoms with Gasteiger partial charge in [-0.1, -0.05) is 36.5 Å². The SMILES string of the molecule is C=Cc1cccc(SC(F)F)c1. The highest BCUT2D eigenvalue weighted by Crippen LogP contribution is 2.25. The number of benzene rings is 1. The molecule has 0 fully saturated rings. The summed E-state index contributed by atoms with van der Waals surface area (Å²) >= 11 is 0.547. The van der Waals surface area contributed by atoms with Crippen molar-refractivity contribution < 1.29 is 8.78 Å². The van der Waals surface area contributed by atoms with E-state index in [0.29, 0.717) is 16.7 Å². The molecule has 0 spiro atoms. The Bertz CT molecular complexity index is 271. The maximum absolute atomic E-state index is 11.9. The summed E-state index contributed by atoms with van der Waals surface area (Å²) in [6.07, 6.45) is 1.63. The number of thioether (sulfide) groups is 1. The van der Waals surface area contributed by atoms with Gasteiger partial charge in [0.15, 0.2) is 0 Å². The number of hydrogen-bond donors (Lipinski definition) is 0. The molecule has 1 rings (SSSR count). The van der Waals surface area contributed by atoms with Crippen LogP contribution in [0.15, 0.2) is 35.7 Å². The Morgan fingerprint density at radius 2 is 2.17 bits per heavy atom. The van der Waals surface area contributed by atoms with Gasteiger partial charge in [-0.25, -0.2) is 0 Å². The van der Waals surface area contributed by atoms with Gasteiger partial charge in [0, 0.05) is 4.90 Å². The lowest BCUT2D eigenvalue weighted by Gasteiger charge is -2.00. The lowest BCUT2D eigenvalue weighted by atomic mass is 10.2. The summed E-state index contributed by atoms with van der Waals surface area (Å²) in [5, 5.41) is 0. The molecule has 0 atom stereocenters. The molecule has 0 saturated carbocycles. The molecule has 1 aromatic carbocycles. The van der Waals surface area contributed by atoms with Crippen LogP contribution in [-0.2, 0) is 0 Å². The predicted octanol–water partition coefficient (Wildman–Crippen LogP) is 3.64. The highest BCUT2D eigenvalue weighted by molar-refractivity contribution is 7.99. The normalized spacial score (nSPS) is 10.2. The van der Waals surface area contributed by atoms with Crippen molar-refractivity contribution in [2.75, 3.05) is 0 Å². The van der Waals surface area contributed by atoms with E-state index in [2.05, 4.69) is 6.58 Å². The van der Waals surface area contributed by atoms with Gasteiger partial charge in [-0.15, -0.1) is 0 Å². The highest BCUT2D eigenvalue weighted by atomic mass is 32.2. The van der Waals surface area contributed by atoms with Gasteiger partial charge in [0.05, 0.1) is 0 Å². The van der Waals surface area contributed by atoms with E-state index in [-0.39, 0.29) is 0 Å². The molecule has 0 bridgehead atoms. The third kappa shape index (κ3) is 2.66. The van der Waals surface area contributed by atoms with Crippen LogP contribution in [0.2, 0.25) is 0 Å². The fourth-order valence-corrected chi connectivity index (χ4v) is 1.38. The maximum Gasteiger partial charge on any atom is 0.288 e. The molecule has 1 aromatic rings. The summed E-state index contributed by atoms with van der Waals surface area (Å²) in [7, 11) is 0. The third-order valence-electron chi connectivity index (χ3n) is 1.32. The van der Waals surface area contributed by atoms with Crippen molar-refractivity contribution in [2.45, 2.75) is 10.7 Å². The highest BCUT2D eigenvalue weighted by Gasteiger charge is 2.04. The Morgan fingerprint density at radius 1 is 1.42 bits per heavy atom. The van der Waals surface area contributed by atoms with Crippen LogP contribution in [0, 0.1) is 0 Å². The van der Waals surface area contributed by atoms with E-state index in [9.17, 15) is 8.78 Å². The first-order chi connectivity index (χ1) is 5.72. The predicted molar refractivity (Wildman–Crippen MR) is 48.4 cm³/mol. The van der Waals surface area contributed by atoms with Crippen LogP contribution in [0.1, 0.15) is 5.56 Å². The number of alkyl halides is 2. The molecular weight excluding hydrogens is 178 g/mol. The molecule has 0 saturated heterocycles.